The van der Waals surface area contributed by atoms with Gasteiger partial charge >= 0.3 is 0 Å². The average Bonchev–Trinajstić information content (AvgIpc) is 2.25. The van der Waals surface area contributed by atoms with E-state index >= 15 is 0 Å². The third-order valence-electron chi connectivity index (χ3n) is 2.10. The standard InChI is InChI=1S/C10H22O6S2/c1-3-5-8-16-18(13,14)10-7-6-9-17(11,12)15-4-2/h3-10H2,1-2H3. The van der Waals surface area contributed by atoms with E-state index in [1.807, 2.05) is 6.92 Å². The van der Waals surface area contributed by atoms with E-state index in [9.17, 15) is 16.8 Å². The van der Waals surface area contributed by atoms with Crippen LogP contribution >= 0.6 is 0 Å². The van der Waals surface area contributed by atoms with Crippen LogP contribution in [-0.4, -0.2) is 41.6 Å². The van der Waals surface area contributed by atoms with Crippen LogP contribution in [-0.2, 0) is 28.6 Å². The Bertz CT molecular complexity index is 398. The molecule has 0 radical (unpaired) electrons. The topological polar surface area (TPSA) is 86.7 Å². The van der Waals surface area contributed by atoms with Crippen molar-refractivity contribution in [1.29, 1.82) is 0 Å². The van der Waals surface area contributed by atoms with E-state index in [0.29, 0.717) is 6.42 Å². The molecular weight excluding hydrogens is 280 g/mol. The fourth-order valence-corrected chi connectivity index (χ4v) is 3.27. The molecule has 0 bridgehead atoms. The summed E-state index contributed by atoms with van der Waals surface area (Å²) in [6, 6.07) is 0. The molecule has 0 spiro atoms. The van der Waals surface area contributed by atoms with Gasteiger partial charge in [0.1, 0.15) is 0 Å². The second-order valence-corrected chi connectivity index (χ2v) is 7.33. The molecular formula is C10H22O6S2. The lowest BCUT2D eigenvalue weighted by Gasteiger charge is -2.05. The molecule has 0 unspecified atom stereocenters. The van der Waals surface area contributed by atoms with Crippen molar-refractivity contribution in [3.05, 3.63) is 0 Å². The second kappa shape index (κ2) is 8.84. The normalized spacial score (nSPS) is 12.8. The van der Waals surface area contributed by atoms with Crippen LogP contribution in [0.15, 0.2) is 0 Å². The largest absolute Gasteiger partial charge is 0.270 e. The summed E-state index contributed by atoms with van der Waals surface area (Å²) in [5, 5.41) is 0. The van der Waals surface area contributed by atoms with Crippen LogP contribution in [0.1, 0.15) is 39.5 Å². The van der Waals surface area contributed by atoms with Gasteiger partial charge in [-0.3, -0.25) is 8.37 Å². The molecule has 0 fully saturated rings. The summed E-state index contributed by atoms with van der Waals surface area (Å²) in [4.78, 5) is 0. The van der Waals surface area contributed by atoms with Gasteiger partial charge < -0.3 is 0 Å². The van der Waals surface area contributed by atoms with Crippen molar-refractivity contribution in [2.75, 3.05) is 24.7 Å². The maximum atomic E-state index is 11.4. The first-order valence-electron chi connectivity index (χ1n) is 6.07. The molecule has 110 valence electrons. The summed E-state index contributed by atoms with van der Waals surface area (Å²) < 4.78 is 54.3. The quantitative estimate of drug-likeness (QED) is 0.422. The molecule has 18 heavy (non-hydrogen) atoms. The van der Waals surface area contributed by atoms with E-state index in [1.165, 1.54) is 0 Å². The van der Waals surface area contributed by atoms with Crippen LogP contribution in [0, 0.1) is 0 Å². The van der Waals surface area contributed by atoms with Crippen LogP contribution in [0.5, 0.6) is 0 Å². The molecule has 0 aromatic heterocycles. The minimum Gasteiger partial charge on any atom is -0.270 e. The van der Waals surface area contributed by atoms with Crippen LogP contribution in [0.2, 0.25) is 0 Å². The second-order valence-electron chi connectivity index (χ2n) is 3.81. The number of rotatable bonds is 11. The Balaban J connectivity index is 3.84. The van der Waals surface area contributed by atoms with Crippen molar-refractivity contribution in [3.8, 4) is 0 Å². The van der Waals surface area contributed by atoms with E-state index in [1.54, 1.807) is 6.92 Å². The summed E-state index contributed by atoms with van der Waals surface area (Å²) in [7, 11) is -7.03. The van der Waals surface area contributed by atoms with Crippen molar-refractivity contribution in [2.45, 2.75) is 39.5 Å². The number of unbranched alkanes of at least 4 members (excludes halogenated alkanes) is 2. The Labute approximate surface area is 110 Å². The third kappa shape index (κ3) is 9.81. The Kier molecular flexibility index (Phi) is 8.75. The summed E-state index contributed by atoms with van der Waals surface area (Å²) in [6.45, 7) is 3.81. The Morgan fingerprint density at radius 1 is 0.778 bits per heavy atom. The van der Waals surface area contributed by atoms with E-state index < -0.39 is 20.2 Å². The van der Waals surface area contributed by atoms with E-state index in [2.05, 4.69) is 4.18 Å². The molecule has 0 amide bonds. The maximum absolute atomic E-state index is 11.4. The SMILES string of the molecule is CCCCOS(=O)(=O)CCCCS(=O)(=O)OCC. The van der Waals surface area contributed by atoms with Gasteiger partial charge in [0.25, 0.3) is 20.2 Å². The lowest BCUT2D eigenvalue weighted by atomic mass is 10.4. The molecule has 0 saturated carbocycles. The molecule has 6 nitrogen and oxygen atoms in total. The monoisotopic (exact) mass is 302 g/mol. The van der Waals surface area contributed by atoms with Crippen molar-refractivity contribution >= 4 is 20.2 Å². The highest BCUT2D eigenvalue weighted by molar-refractivity contribution is 7.87. The van der Waals surface area contributed by atoms with Gasteiger partial charge in [-0.25, -0.2) is 0 Å². The van der Waals surface area contributed by atoms with E-state index in [-0.39, 0.29) is 37.6 Å². The fraction of sp³-hybridized carbons (Fsp3) is 1.00. The van der Waals surface area contributed by atoms with Gasteiger partial charge in [0, 0.05) is 0 Å². The minimum atomic E-state index is -3.52. The van der Waals surface area contributed by atoms with E-state index in [0.717, 1.165) is 6.42 Å². The fourth-order valence-electron chi connectivity index (χ4n) is 1.19. The summed E-state index contributed by atoms with van der Waals surface area (Å²) >= 11 is 0. The molecule has 8 heteroatoms. The first-order valence-corrected chi connectivity index (χ1v) is 9.22. The van der Waals surface area contributed by atoms with Gasteiger partial charge in [-0.1, -0.05) is 13.3 Å². The summed E-state index contributed by atoms with van der Waals surface area (Å²) in [5.41, 5.74) is 0. The van der Waals surface area contributed by atoms with Crippen molar-refractivity contribution in [1.82, 2.24) is 0 Å². The number of hydrogen-bond acceptors (Lipinski definition) is 6. The molecule has 0 aliphatic heterocycles. The van der Waals surface area contributed by atoms with Crippen LogP contribution in [0.4, 0.5) is 0 Å². The zero-order chi connectivity index (χ0) is 14.1. The zero-order valence-corrected chi connectivity index (χ0v) is 12.6. The van der Waals surface area contributed by atoms with Gasteiger partial charge in [0.2, 0.25) is 0 Å². The van der Waals surface area contributed by atoms with Gasteiger partial charge in [0.15, 0.2) is 0 Å². The predicted molar refractivity (Wildman–Crippen MR) is 69.3 cm³/mol. The molecule has 0 atom stereocenters. The summed E-state index contributed by atoms with van der Waals surface area (Å²) in [5.74, 6) is -0.316. The Morgan fingerprint density at radius 2 is 1.28 bits per heavy atom. The van der Waals surface area contributed by atoms with Crippen molar-refractivity contribution in [2.24, 2.45) is 0 Å². The molecule has 0 rings (SSSR count). The van der Waals surface area contributed by atoms with Crippen LogP contribution in [0.25, 0.3) is 0 Å². The zero-order valence-electron chi connectivity index (χ0n) is 10.9. The highest BCUT2D eigenvalue weighted by Crippen LogP contribution is 2.04. The Morgan fingerprint density at radius 3 is 1.72 bits per heavy atom. The van der Waals surface area contributed by atoms with Gasteiger partial charge in [0.05, 0.1) is 24.7 Å². The van der Waals surface area contributed by atoms with Gasteiger partial charge in [-0.15, -0.1) is 0 Å². The van der Waals surface area contributed by atoms with Crippen LogP contribution < -0.4 is 0 Å². The first kappa shape index (κ1) is 17.8. The van der Waals surface area contributed by atoms with Gasteiger partial charge in [-0.05, 0) is 26.2 Å². The average molecular weight is 302 g/mol. The molecule has 0 heterocycles. The van der Waals surface area contributed by atoms with Crippen molar-refractivity contribution in [3.63, 3.8) is 0 Å². The van der Waals surface area contributed by atoms with Gasteiger partial charge in [-0.2, -0.15) is 16.8 Å². The molecule has 0 aliphatic rings. The predicted octanol–water partition coefficient (Wildman–Crippen LogP) is 1.28. The van der Waals surface area contributed by atoms with E-state index in [4.69, 9.17) is 4.18 Å². The molecule has 0 aromatic rings. The Hall–Kier alpha value is -0.180. The summed E-state index contributed by atoms with van der Waals surface area (Å²) in [6.07, 6.45) is 2.06. The highest BCUT2D eigenvalue weighted by atomic mass is 32.2. The molecule has 0 aliphatic carbocycles. The third-order valence-corrected chi connectivity index (χ3v) is 4.79. The smallest absolute Gasteiger partial charge is 0.267 e. The maximum Gasteiger partial charge on any atom is 0.267 e. The lowest BCUT2D eigenvalue weighted by molar-refractivity contribution is 0.310. The molecule has 0 aromatic carbocycles. The first-order chi connectivity index (χ1) is 8.33. The highest BCUT2D eigenvalue weighted by Gasteiger charge is 2.13. The molecule has 0 N–H and O–H groups in total. The number of hydrogen-bond donors (Lipinski definition) is 0. The lowest BCUT2D eigenvalue weighted by Crippen LogP contribution is -2.14. The van der Waals surface area contributed by atoms with Crippen LogP contribution in [0.3, 0.4) is 0 Å². The van der Waals surface area contributed by atoms with Crippen molar-refractivity contribution < 1.29 is 25.2 Å². The minimum absolute atomic E-state index is 0.0980. The molecule has 0 saturated heterocycles.